The summed E-state index contributed by atoms with van der Waals surface area (Å²) in [6.07, 6.45) is 2.61. The van der Waals surface area contributed by atoms with E-state index in [9.17, 15) is 22.4 Å². The van der Waals surface area contributed by atoms with Crippen LogP contribution < -0.4 is 10.0 Å². The van der Waals surface area contributed by atoms with Gasteiger partial charge in [0, 0.05) is 19.5 Å². The summed E-state index contributed by atoms with van der Waals surface area (Å²) in [6.45, 7) is 3.31. The standard InChI is InChI=1S/C24H23F2N3O4S/c1-3-4-16-5-8-18(9-6-16)34(32,33)29-20-11-10-19(25)23(24(20)26)21(31)13-17-7-12-22(27-14-17)28-15(2)30/h5-12,14,29H,3-4,13H2,1-2H3,(H,27,28,30). The van der Waals surface area contributed by atoms with Gasteiger partial charge in [0.15, 0.2) is 11.6 Å². The second-order valence-electron chi connectivity index (χ2n) is 7.62. The van der Waals surface area contributed by atoms with E-state index in [-0.39, 0.29) is 23.0 Å². The van der Waals surface area contributed by atoms with Gasteiger partial charge in [0.05, 0.1) is 16.1 Å². The van der Waals surface area contributed by atoms with E-state index in [2.05, 4.69) is 15.0 Å². The molecule has 1 amide bonds. The lowest BCUT2D eigenvalue weighted by Gasteiger charge is -2.12. The first-order chi connectivity index (χ1) is 16.1. The Hall–Kier alpha value is -3.66. The number of benzene rings is 2. The van der Waals surface area contributed by atoms with Gasteiger partial charge in [-0.1, -0.05) is 31.5 Å². The van der Waals surface area contributed by atoms with Crippen LogP contribution in [-0.2, 0) is 27.7 Å². The van der Waals surface area contributed by atoms with Gasteiger partial charge < -0.3 is 5.32 Å². The van der Waals surface area contributed by atoms with Crippen LogP contribution in [0.1, 0.15) is 41.8 Å². The van der Waals surface area contributed by atoms with Gasteiger partial charge in [-0.25, -0.2) is 22.2 Å². The Balaban J connectivity index is 1.82. The Bertz CT molecular complexity index is 1310. The second kappa shape index (κ2) is 10.5. The number of rotatable bonds is 9. The largest absolute Gasteiger partial charge is 0.311 e. The maximum Gasteiger partial charge on any atom is 0.261 e. The average Bonchev–Trinajstić information content (AvgIpc) is 2.77. The summed E-state index contributed by atoms with van der Waals surface area (Å²) in [5.41, 5.74) is -0.0797. The van der Waals surface area contributed by atoms with Gasteiger partial charge in [-0.3, -0.25) is 14.3 Å². The zero-order valence-electron chi connectivity index (χ0n) is 18.6. The Morgan fingerprint density at radius 2 is 1.65 bits per heavy atom. The van der Waals surface area contributed by atoms with E-state index >= 15 is 4.39 Å². The van der Waals surface area contributed by atoms with E-state index in [0.29, 0.717) is 5.56 Å². The Labute approximate surface area is 196 Å². The summed E-state index contributed by atoms with van der Waals surface area (Å²) in [7, 11) is -4.16. The number of sulfonamides is 1. The number of carbonyl (C=O) groups is 2. The molecule has 0 aliphatic rings. The summed E-state index contributed by atoms with van der Waals surface area (Å²) >= 11 is 0. The first-order valence-electron chi connectivity index (χ1n) is 10.5. The number of hydrogen-bond acceptors (Lipinski definition) is 5. The monoisotopic (exact) mass is 487 g/mol. The van der Waals surface area contributed by atoms with Crippen molar-refractivity contribution in [3.05, 3.63) is 83.1 Å². The molecule has 2 N–H and O–H groups in total. The Morgan fingerprint density at radius 1 is 0.971 bits per heavy atom. The van der Waals surface area contributed by atoms with Crippen LogP contribution in [0.2, 0.25) is 0 Å². The van der Waals surface area contributed by atoms with Crippen LogP contribution in [0.15, 0.2) is 59.6 Å². The first kappa shape index (κ1) is 25.0. The fraction of sp³-hybridized carbons (Fsp3) is 0.208. The van der Waals surface area contributed by atoms with Crippen molar-refractivity contribution in [1.82, 2.24) is 4.98 Å². The van der Waals surface area contributed by atoms with Gasteiger partial charge in [-0.05, 0) is 47.9 Å². The van der Waals surface area contributed by atoms with Gasteiger partial charge in [-0.15, -0.1) is 0 Å². The first-order valence-corrected chi connectivity index (χ1v) is 11.9. The average molecular weight is 488 g/mol. The lowest BCUT2D eigenvalue weighted by Crippen LogP contribution is -2.17. The highest BCUT2D eigenvalue weighted by Gasteiger charge is 2.24. The van der Waals surface area contributed by atoms with Crippen molar-refractivity contribution >= 4 is 33.2 Å². The van der Waals surface area contributed by atoms with E-state index in [1.807, 2.05) is 6.92 Å². The SMILES string of the molecule is CCCc1ccc(S(=O)(=O)Nc2ccc(F)c(C(=O)Cc3ccc(NC(C)=O)nc3)c2F)cc1. The van der Waals surface area contributed by atoms with Crippen molar-refractivity contribution in [2.45, 2.75) is 38.0 Å². The number of nitrogens with one attached hydrogen (secondary N) is 2. The summed E-state index contributed by atoms with van der Waals surface area (Å²) in [5, 5.41) is 2.47. The topological polar surface area (TPSA) is 105 Å². The van der Waals surface area contributed by atoms with E-state index < -0.39 is 38.7 Å². The fourth-order valence-corrected chi connectivity index (χ4v) is 4.33. The van der Waals surface area contributed by atoms with Crippen molar-refractivity contribution in [3.63, 3.8) is 0 Å². The van der Waals surface area contributed by atoms with E-state index in [1.165, 1.54) is 37.4 Å². The molecule has 0 saturated carbocycles. The summed E-state index contributed by atoms with van der Waals surface area (Å²) in [6, 6.07) is 10.8. The van der Waals surface area contributed by atoms with E-state index in [0.717, 1.165) is 30.5 Å². The van der Waals surface area contributed by atoms with Crippen LogP contribution in [0, 0.1) is 11.6 Å². The van der Waals surface area contributed by atoms with Crippen LogP contribution in [-0.4, -0.2) is 25.1 Å². The van der Waals surface area contributed by atoms with Crippen molar-refractivity contribution in [1.29, 1.82) is 0 Å². The number of anilines is 2. The molecule has 0 unspecified atom stereocenters. The highest BCUT2D eigenvalue weighted by Crippen LogP contribution is 2.25. The molecule has 3 rings (SSSR count). The highest BCUT2D eigenvalue weighted by molar-refractivity contribution is 7.92. The van der Waals surface area contributed by atoms with Gasteiger partial charge in [0.25, 0.3) is 10.0 Å². The zero-order chi connectivity index (χ0) is 24.9. The minimum atomic E-state index is -4.16. The number of aryl methyl sites for hydroxylation is 1. The molecule has 0 spiro atoms. The third-order valence-corrected chi connectivity index (χ3v) is 6.26. The fourth-order valence-electron chi connectivity index (χ4n) is 3.27. The summed E-state index contributed by atoms with van der Waals surface area (Å²) in [4.78, 5) is 27.6. The molecule has 0 bridgehead atoms. The summed E-state index contributed by atoms with van der Waals surface area (Å²) < 4.78 is 56.9. The number of carbonyl (C=O) groups excluding carboxylic acids is 2. The molecule has 0 aliphatic heterocycles. The van der Waals surface area contributed by atoms with Crippen molar-refractivity contribution in [3.8, 4) is 0 Å². The quantitative estimate of drug-likeness (QED) is 0.433. The molecule has 0 saturated heterocycles. The van der Waals surface area contributed by atoms with Gasteiger partial charge in [0.2, 0.25) is 5.91 Å². The normalized spacial score (nSPS) is 11.2. The molecular weight excluding hydrogens is 464 g/mol. The minimum Gasteiger partial charge on any atom is -0.311 e. The predicted molar refractivity (Wildman–Crippen MR) is 124 cm³/mol. The lowest BCUT2D eigenvalue weighted by atomic mass is 10.0. The number of nitrogens with zero attached hydrogens (tertiary/aromatic N) is 1. The van der Waals surface area contributed by atoms with Crippen LogP contribution in [0.4, 0.5) is 20.3 Å². The third-order valence-electron chi connectivity index (χ3n) is 4.88. The number of hydrogen-bond donors (Lipinski definition) is 2. The van der Waals surface area contributed by atoms with Crippen molar-refractivity contribution < 1.29 is 26.8 Å². The maximum atomic E-state index is 15.1. The maximum absolute atomic E-state index is 15.1. The van der Waals surface area contributed by atoms with Crippen LogP contribution >= 0.6 is 0 Å². The lowest BCUT2D eigenvalue weighted by molar-refractivity contribution is -0.114. The second-order valence-corrected chi connectivity index (χ2v) is 9.30. The van der Waals surface area contributed by atoms with Gasteiger partial charge >= 0.3 is 0 Å². The predicted octanol–water partition coefficient (Wildman–Crippen LogP) is 4.50. The number of Topliss-reactive ketones (excluding diaryl/α,β-unsaturated/α-hetero) is 1. The molecule has 10 heteroatoms. The molecule has 7 nitrogen and oxygen atoms in total. The zero-order valence-corrected chi connectivity index (χ0v) is 19.4. The third kappa shape index (κ3) is 6.02. The Kier molecular flexibility index (Phi) is 7.72. The van der Waals surface area contributed by atoms with Crippen molar-refractivity contribution in [2.24, 2.45) is 0 Å². The number of ketones is 1. The number of amides is 1. The molecule has 0 aliphatic carbocycles. The van der Waals surface area contributed by atoms with Gasteiger partial charge in [0.1, 0.15) is 11.6 Å². The molecule has 0 atom stereocenters. The number of halogens is 2. The number of pyridine rings is 1. The Morgan fingerprint density at radius 3 is 2.24 bits per heavy atom. The molecule has 178 valence electrons. The van der Waals surface area contributed by atoms with Crippen LogP contribution in [0.3, 0.4) is 0 Å². The molecule has 1 aromatic heterocycles. The molecular formula is C24H23F2N3O4S. The minimum absolute atomic E-state index is 0.0886. The van der Waals surface area contributed by atoms with E-state index in [4.69, 9.17) is 0 Å². The van der Waals surface area contributed by atoms with Crippen LogP contribution in [0.5, 0.6) is 0 Å². The van der Waals surface area contributed by atoms with Gasteiger partial charge in [-0.2, -0.15) is 0 Å². The van der Waals surface area contributed by atoms with Crippen LogP contribution in [0.25, 0.3) is 0 Å². The molecule has 2 aromatic carbocycles. The highest BCUT2D eigenvalue weighted by atomic mass is 32.2. The number of aromatic nitrogens is 1. The molecule has 1 heterocycles. The smallest absolute Gasteiger partial charge is 0.261 e. The molecule has 34 heavy (non-hydrogen) atoms. The molecule has 0 radical (unpaired) electrons. The van der Waals surface area contributed by atoms with E-state index in [1.54, 1.807) is 12.1 Å². The molecule has 0 fully saturated rings. The summed E-state index contributed by atoms with van der Waals surface area (Å²) in [5.74, 6) is -3.37. The van der Waals surface area contributed by atoms with Crippen molar-refractivity contribution in [2.75, 3.05) is 10.0 Å². The molecule has 3 aromatic rings.